The van der Waals surface area contributed by atoms with E-state index in [-0.39, 0.29) is 12.0 Å². The second kappa shape index (κ2) is 3.86. The lowest BCUT2D eigenvalue weighted by Gasteiger charge is -2.54. The van der Waals surface area contributed by atoms with E-state index < -0.39 is 0 Å². The topological polar surface area (TPSA) is 36.1 Å². The van der Waals surface area contributed by atoms with Crippen molar-refractivity contribution < 1.29 is 4.79 Å². The van der Waals surface area contributed by atoms with Crippen LogP contribution in [0.5, 0.6) is 0 Å². The number of benzene rings is 1. The van der Waals surface area contributed by atoms with Gasteiger partial charge in [0.15, 0.2) is 5.78 Å². The van der Waals surface area contributed by atoms with Gasteiger partial charge in [0.1, 0.15) is 0 Å². The Morgan fingerprint density at radius 2 is 2.14 bits per heavy atom. The summed E-state index contributed by atoms with van der Waals surface area (Å²) in [6.07, 6.45) is 3.80. The Balaban J connectivity index is 1.70. The van der Waals surface area contributed by atoms with E-state index in [1.807, 2.05) is 6.08 Å². The average Bonchev–Trinajstić information content (AvgIpc) is 2.89. The third kappa shape index (κ3) is 1.35. The SMILES string of the molecule is C=CC1CN2[C@H]3Cc4c([nH]c5ccccc45)[C@@H]2C[C@@H]1C3=O. The number of aromatic nitrogens is 1. The third-order valence-electron chi connectivity index (χ3n) is 5.79. The molecule has 0 saturated carbocycles. The Morgan fingerprint density at radius 3 is 3.00 bits per heavy atom. The largest absolute Gasteiger partial charge is 0.357 e. The van der Waals surface area contributed by atoms with E-state index in [0.717, 1.165) is 19.4 Å². The van der Waals surface area contributed by atoms with E-state index in [4.69, 9.17) is 0 Å². The normalized spacial score (nSPS) is 36.8. The molecule has 2 unspecified atom stereocenters. The van der Waals surface area contributed by atoms with Crippen LogP contribution >= 0.6 is 0 Å². The molecule has 0 aliphatic carbocycles. The van der Waals surface area contributed by atoms with Crippen LogP contribution in [0.25, 0.3) is 10.9 Å². The van der Waals surface area contributed by atoms with E-state index in [1.165, 1.54) is 22.2 Å². The van der Waals surface area contributed by atoms with E-state index in [9.17, 15) is 4.79 Å². The van der Waals surface area contributed by atoms with Gasteiger partial charge in [-0.15, -0.1) is 6.58 Å². The number of carbonyl (C=O) groups is 1. The number of nitrogens with one attached hydrogen (secondary N) is 1. The van der Waals surface area contributed by atoms with Gasteiger partial charge in [0.2, 0.25) is 0 Å². The first-order chi connectivity index (χ1) is 10.3. The molecule has 0 radical (unpaired) electrons. The number of rotatable bonds is 1. The summed E-state index contributed by atoms with van der Waals surface area (Å²) in [5.41, 5.74) is 3.94. The van der Waals surface area contributed by atoms with E-state index >= 15 is 0 Å². The average molecular weight is 278 g/mol. The quantitative estimate of drug-likeness (QED) is 0.814. The summed E-state index contributed by atoms with van der Waals surface area (Å²) in [4.78, 5) is 18.8. The van der Waals surface area contributed by atoms with Crippen LogP contribution in [0.2, 0.25) is 0 Å². The highest BCUT2D eigenvalue weighted by Gasteiger charge is 2.53. The molecule has 5 atom stereocenters. The third-order valence-corrected chi connectivity index (χ3v) is 5.79. The van der Waals surface area contributed by atoms with E-state index in [0.29, 0.717) is 17.7 Å². The van der Waals surface area contributed by atoms with Crippen molar-refractivity contribution in [1.29, 1.82) is 0 Å². The van der Waals surface area contributed by atoms with Crippen LogP contribution in [-0.4, -0.2) is 28.3 Å². The Bertz CT molecular complexity index is 775. The maximum Gasteiger partial charge on any atom is 0.154 e. The number of fused-ring (bicyclic) bond motifs is 4. The monoisotopic (exact) mass is 278 g/mol. The van der Waals surface area contributed by atoms with Gasteiger partial charge in [-0.2, -0.15) is 0 Å². The number of aromatic amines is 1. The number of H-pyrrole nitrogens is 1. The van der Waals surface area contributed by atoms with Crippen molar-refractivity contribution in [1.82, 2.24) is 9.88 Å². The minimum absolute atomic E-state index is 0.0941. The first kappa shape index (κ1) is 11.8. The fourth-order valence-electron chi connectivity index (χ4n) is 4.79. The molecule has 5 heterocycles. The van der Waals surface area contributed by atoms with Gasteiger partial charge in [-0.25, -0.2) is 0 Å². The fraction of sp³-hybridized carbons (Fsp3) is 0.389. The lowest BCUT2D eigenvalue weighted by atomic mass is 9.67. The van der Waals surface area contributed by atoms with Crippen LogP contribution in [0.1, 0.15) is 23.7 Å². The molecule has 1 aromatic carbocycles. The maximum absolute atomic E-state index is 12.7. The molecule has 106 valence electrons. The summed E-state index contributed by atoms with van der Waals surface area (Å²) in [6.45, 7) is 4.91. The van der Waals surface area contributed by atoms with Crippen molar-refractivity contribution in [2.75, 3.05) is 6.54 Å². The summed E-state index contributed by atoms with van der Waals surface area (Å²) >= 11 is 0. The molecule has 2 aromatic rings. The summed E-state index contributed by atoms with van der Waals surface area (Å²) in [5.74, 6) is 0.969. The van der Waals surface area contributed by atoms with E-state index in [1.54, 1.807) is 0 Å². The predicted octanol–water partition coefficient (Wildman–Crippen LogP) is 2.84. The zero-order chi connectivity index (χ0) is 14.1. The summed E-state index contributed by atoms with van der Waals surface area (Å²) in [7, 11) is 0. The molecule has 1 N–H and O–H groups in total. The number of piperidine rings is 3. The zero-order valence-electron chi connectivity index (χ0n) is 11.9. The highest BCUT2D eigenvalue weighted by atomic mass is 16.1. The lowest BCUT2D eigenvalue weighted by Crippen LogP contribution is -2.62. The highest BCUT2D eigenvalue weighted by Crippen LogP contribution is 2.50. The number of hydrogen-bond donors (Lipinski definition) is 1. The highest BCUT2D eigenvalue weighted by molar-refractivity contribution is 5.92. The first-order valence-corrected chi connectivity index (χ1v) is 7.79. The second-order valence-corrected chi connectivity index (χ2v) is 6.64. The lowest BCUT2D eigenvalue weighted by molar-refractivity contribution is -0.146. The standard InChI is InChI=1S/C18H18N2O/c1-2-10-9-20-15-7-12(10)18(21)16(20)8-13-11-5-3-4-6-14(11)19-17(13)15/h2-6,10,12,15-16,19H,1,7-9H2/t10?,12-,15-,16-/m0/s1. The van der Waals surface area contributed by atoms with Gasteiger partial charge < -0.3 is 4.98 Å². The van der Waals surface area contributed by atoms with Crippen LogP contribution in [0, 0.1) is 11.8 Å². The molecule has 3 saturated heterocycles. The molecule has 3 heteroatoms. The fourth-order valence-corrected chi connectivity index (χ4v) is 4.79. The number of para-hydroxylation sites is 1. The molecule has 6 rings (SSSR count). The Labute approximate surface area is 123 Å². The van der Waals surface area contributed by atoms with Crippen molar-refractivity contribution in [2.45, 2.75) is 24.9 Å². The number of Topliss-reactive ketones (excluding diaryl/α,β-unsaturated/α-hetero) is 1. The molecule has 3 fully saturated rings. The molecule has 1 aromatic heterocycles. The van der Waals surface area contributed by atoms with Gasteiger partial charge in [0, 0.05) is 29.1 Å². The smallest absolute Gasteiger partial charge is 0.154 e. The molecule has 4 bridgehead atoms. The van der Waals surface area contributed by atoms with Crippen LogP contribution < -0.4 is 0 Å². The maximum atomic E-state index is 12.7. The Morgan fingerprint density at radius 1 is 1.29 bits per heavy atom. The summed E-state index contributed by atoms with van der Waals surface area (Å²) in [5, 5.41) is 1.30. The van der Waals surface area contributed by atoms with Crippen molar-refractivity contribution in [3.63, 3.8) is 0 Å². The van der Waals surface area contributed by atoms with Crippen LogP contribution in [0.4, 0.5) is 0 Å². The Hall–Kier alpha value is -1.87. The number of ketones is 1. The van der Waals surface area contributed by atoms with Gasteiger partial charge in [-0.3, -0.25) is 9.69 Å². The molecule has 4 aliphatic rings. The van der Waals surface area contributed by atoms with Crippen molar-refractivity contribution in [3.05, 3.63) is 48.2 Å². The molecular weight excluding hydrogens is 260 g/mol. The number of nitrogens with zero attached hydrogens (tertiary/aromatic N) is 1. The minimum atomic E-state index is 0.0941. The minimum Gasteiger partial charge on any atom is -0.357 e. The Kier molecular flexibility index (Phi) is 2.16. The van der Waals surface area contributed by atoms with Gasteiger partial charge in [0.25, 0.3) is 0 Å². The second-order valence-electron chi connectivity index (χ2n) is 6.64. The zero-order valence-corrected chi connectivity index (χ0v) is 11.9. The molecule has 4 aliphatic heterocycles. The van der Waals surface area contributed by atoms with Crippen LogP contribution in [0.15, 0.2) is 36.9 Å². The number of carbonyl (C=O) groups excluding carboxylic acids is 1. The van der Waals surface area contributed by atoms with Gasteiger partial charge in [-0.05, 0) is 30.4 Å². The van der Waals surface area contributed by atoms with Crippen LogP contribution in [-0.2, 0) is 11.2 Å². The van der Waals surface area contributed by atoms with Crippen molar-refractivity contribution in [3.8, 4) is 0 Å². The van der Waals surface area contributed by atoms with Crippen molar-refractivity contribution in [2.24, 2.45) is 11.8 Å². The first-order valence-electron chi connectivity index (χ1n) is 7.79. The van der Waals surface area contributed by atoms with Gasteiger partial charge in [0.05, 0.1) is 12.1 Å². The van der Waals surface area contributed by atoms with Crippen molar-refractivity contribution >= 4 is 16.7 Å². The predicted molar refractivity (Wildman–Crippen MR) is 82.0 cm³/mol. The van der Waals surface area contributed by atoms with Crippen LogP contribution in [0.3, 0.4) is 0 Å². The van der Waals surface area contributed by atoms with E-state index in [2.05, 4.69) is 40.7 Å². The van der Waals surface area contributed by atoms with Gasteiger partial charge in [-0.1, -0.05) is 24.3 Å². The summed E-state index contributed by atoms with van der Waals surface area (Å²) < 4.78 is 0. The molecule has 0 amide bonds. The molecule has 3 nitrogen and oxygen atoms in total. The molecule has 0 spiro atoms. The number of hydrogen-bond acceptors (Lipinski definition) is 2. The molecular formula is C18H18N2O. The summed E-state index contributed by atoms with van der Waals surface area (Å²) in [6, 6.07) is 8.96. The van der Waals surface area contributed by atoms with Gasteiger partial charge >= 0.3 is 0 Å². The molecule has 21 heavy (non-hydrogen) atoms.